The third-order valence-electron chi connectivity index (χ3n) is 2.16. The number of halogens is 3. The number of hydrogen-bond acceptors (Lipinski definition) is 3. The fraction of sp³-hybridized carbons (Fsp3) is 0.636. The van der Waals surface area contributed by atoms with Gasteiger partial charge in [0.25, 0.3) is 0 Å². The lowest BCUT2D eigenvalue weighted by atomic mass is 10.1. The molecule has 1 aromatic rings. The van der Waals surface area contributed by atoms with Crippen molar-refractivity contribution in [3.8, 4) is 0 Å². The van der Waals surface area contributed by atoms with Gasteiger partial charge in [0.05, 0.1) is 10.7 Å². The fourth-order valence-corrected chi connectivity index (χ4v) is 2.38. The van der Waals surface area contributed by atoms with Crippen molar-refractivity contribution < 1.29 is 23.1 Å². The van der Waals surface area contributed by atoms with E-state index < -0.39 is 18.6 Å². The van der Waals surface area contributed by atoms with Gasteiger partial charge in [-0.05, 0) is 12.3 Å². The SMILES string of the molecule is CC(C)Cc1nc(CCC(F)(F)F)sc1C(=O)O. The van der Waals surface area contributed by atoms with Gasteiger partial charge < -0.3 is 5.11 Å². The number of rotatable bonds is 5. The van der Waals surface area contributed by atoms with Crippen LogP contribution in [-0.2, 0) is 12.8 Å². The number of hydrogen-bond donors (Lipinski definition) is 1. The van der Waals surface area contributed by atoms with Crippen molar-refractivity contribution in [2.45, 2.75) is 39.3 Å². The highest BCUT2D eigenvalue weighted by Crippen LogP contribution is 2.26. The van der Waals surface area contributed by atoms with Crippen molar-refractivity contribution in [1.29, 1.82) is 0 Å². The molecule has 0 radical (unpaired) electrons. The second-order valence-corrected chi connectivity index (χ2v) is 5.49. The van der Waals surface area contributed by atoms with Crippen LogP contribution in [0.5, 0.6) is 0 Å². The van der Waals surface area contributed by atoms with Crippen LogP contribution in [0.2, 0.25) is 0 Å². The Morgan fingerprint density at radius 2 is 2.06 bits per heavy atom. The minimum absolute atomic E-state index is 0.0564. The van der Waals surface area contributed by atoms with Crippen molar-refractivity contribution in [3.63, 3.8) is 0 Å². The molecule has 18 heavy (non-hydrogen) atoms. The molecule has 0 spiro atoms. The van der Waals surface area contributed by atoms with E-state index in [2.05, 4.69) is 4.98 Å². The van der Waals surface area contributed by atoms with Crippen molar-refractivity contribution in [1.82, 2.24) is 4.98 Å². The first-order valence-corrected chi connectivity index (χ1v) is 6.29. The zero-order valence-corrected chi connectivity index (χ0v) is 10.9. The molecule has 0 aromatic carbocycles. The second-order valence-electron chi connectivity index (χ2n) is 4.40. The van der Waals surface area contributed by atoms with Crippen LogP contribution in [0.1, 0.15) is 40.6 Å². The molecule has 0 aliphatic heterocycles. The molecule has 1 heterocycles. The van der Waals surface area contributed by atoms with Gasteiger partial charge in [-0.1, -0.05) is 13.8 Å². The number of carbonyl (C=O) groups is 1. The highest BCUT2D eigenvalue weighted by atomic mass is 32.1. The Balaban J connectivity index is 2.85. The molecule has 0 aliphatic rings. The lowest BCUT2D eigenvalue weighted by Crippen LogP contribution is -2.08. The van der Waals surface area contributed by atoms with Gasteiger partial charge in [0, 0.05) is 12.8 Å². The number of aromatic nitrogens is 1. The Labute approximate surface area is 107 Å². The topological polar surface area (TPSA) is 50.2 Å². The van der Waals surface area contributed by atoms with Crippen LogP contribution in [0.3, 0.4) is 0 Å². The van der Waals surface area contributed by atoms with Gasteiger partial charge in [-0.15, -0.1) is 11.3 Å². The molecular formula is C11H14F3NO2S. The first-order chi connectivity index (χ1) is 8.19. The van der Waals surface area contributed by atoms with Crippen LogP contribution in [0.4, 0.5) is 13.2 Å². The predicted molar refractivity (Wildman–Crippen MR) is 62.0 cm³/mol. The predicted octanol–water partition coefficient (Wildman–Crippen LogP) is 3.53. The number of thiazole rings is 1. The van der Waals surface area contributed by atoms with Crippen LogP contribution >= 0.6 is 11.3 Å². The van der Waals surface area contributed by atoms with E-state index in [-0.39, 0.29) is 22.2 Å². The van der Waals surface area contributed by atoms with Gasteiger partial charge in [0.2, 0.25) is 0 Å². The van der Waals surface area contributed by atoms with E-state index in [1.54, 1.807) is 0 Å². The zero-order chi connectivity index (χ0) is 13.9. The maximum atomic E-state index is 12.1. The average molecular weight is 281 g/mol. The molecule has 0 saturated carbocycles. The molecule has 102 valence electrons. The summed E-state index contributed by atoms with van der Waals surface area (Å²) >= 11 is 0.840. The molecule has 0 fully saturated rings. The lowest BCUT2D eigenvalue weighted by Gasteiger charge is -2.03. The number of carboxylic acid groups (broad SMARTS) is 1. The van der Waals surface area contributed by atoms with E-state index in [9.17, 15) is 18.0 Å². The molecule has 3 nitrogen and oxygen atoms in total. The van der Waals surface area contributed by atoms with Gasteiger partial charge in [0.1, 0.15) is 4.88 Å². The molecule has 0 saturated heterocycles. The van der Waals surface area contributed by atoms with Gasteiger partial charge in [0.15, 0.2) is 0 Å². The summed E-state index contributed by atoms with van der Waals surface area (Å²) in [5.74, 6) is -0.915. The van der Waals surface area contributed by atoms with E-state index in [1.807, 2.05) is 13.8 Å². The third kappa shape index (κ3) is 4.64. The summed E-state index contributed by atoms with van der Waals surface area (Å²) in [6.45, 7) is 3.81. The molecule has 0 atom stereocenters. The van der Waals surface area contributed by atoms with Crippen LogP contribution in [-0.4, -0.2) is 22.2 Å². The molecule has 1 aromatic heterocycles. The average Bonchev–Trinajstić information content (AvgIpc) is 2.56. The maximum absolute atomic E-state index is 12.1. The molecular weight excluding hydrogens is 267 g/mol. The number of nitrogens with zero attached hydrogens (tertiary/aromatic N) is 1. The minimum Gasteiger partial charge on any atom is -0.477 e. The monoisotopic (exact) mass is 281 g/mol. The summed E-state index contributed by atoms with van der Waals surface area (Å²) in [6.07, 6.45) is -5.01. The third-order valence-corrected chi connectivity index (χ3v) is 3.31. The first kappa shape index (κ1) is 14.9. The van der Waals surface area contributed by atoms with Crippen LogP contribution in [0.15, 0.2) is 0 Å². The summed E-state index contributed by atoms with van der Waals surface area (Å²) < 4.78 is 36.2. The normalized spacial score (nSPS) is 12.1. The largest absolute Gasteiger partial charge is 0.477 e. The summed E-state index contributed by atoms with van der Waals surface area (Å²) in [5.41, 5.74) is 0.389. The van der Waals surface area contributed by atoms with Crippen molar-refractivity contribution in [2.75, 3.05) is 0 Å². The molecule has 0 unspecified atom stereocenters. The second kappa shape index (κ2) is 5.69. The minimum atomic E-state index is -4.24. The summed E-state index contributed by atoms with van der Waals surface area (Å²) in [5, 5.41) is 9.20. The highest BCUT2D eigenvalue weighted by Gasteiger charge is 2.28. The van der Waals surface area contributed by atoms with E-state index in [4.69, 9.17) is 5.11 Å². The van der Waals surface area contributed by atoms with Crippen molar-refractivity contribution in [3.05, 3.63) is 15.6 Å². The Hall–Kier alpha value is -1.11. The molecule has 1 rings (SSSR count). The van der Waals surface area contributed by atoms with Crippen LogP contribution in [0.25, 0.3) is 0 Å². The standard InChI is InChI=1S/C11H14F3NO2S/c1-6(2)5-7-9(10(16)17)18-8(15-7)3-4-11(12,13)14/h6H,3-5H2,1-2H3,(H,16,17). The number of alkyl halides is 3. The van der Waals surface area contributed by atoms with Crippen LogP contribution < -0.4 is 0 Å². The van der Waals surface area contributed by atoms with Crippen molar-refractivity contribution in [2.24, 2.45) is 5.92 Å². The number of carboxylic acids is 1. The summed E-state index contributed by atoms with van der Waals surface area (Å²) in [4.78, 5) is 15.0. The van der Waals surface area contributed by atoms with E-state index >= 15 is 0 Å². The van der Waals surface area contributed by atoms with E-state index in [0.29, 0.717) is 12.1 Å². The van der Waals surface area contributed by atoms with Gasteiger partial charge in [-0.3, -0.25) is 0 Å². The van der Waals surface area contributed by atoms with E-state index in [0.717, 1.165) is 11.3 Å². The maximum Gasteiger partial charge on any atom is 0.389 e. The van der Waals surface area contributed by atoms with Gasteiger partial charge >= 0.3 is 12.1 Å². The first-order valence-electron chi connectivity index (χ1n) is 5.47. The zero-order valence-electron chi connectivity index (χ0n) is 10.0. The Morgan fingerprint density at radius 3 is 2.50 bits per heavy atom. The number of aryl methyl sites for hydroxylation is 1. The quantitative estimate of drug-likeness (QED) is 0.898. The molecule has 0 amide bonds. The Morgan fingerprint density at radius 1 is 1.44 bits per heavy atom. The smallest absolute Gasteiger partial charge is 0.389 e. The van der Waals surface area contributed by atoms with Crippen molar-refractivity contribution >= 4 is 17.3 Å². The molecule has 0 aliphatic carbocycles. The summed E-state index contributed by atoms with van der Waals surface area (Å²) in [7, 11) is 0. The van der Waals surface area contributed by atoms with Gasteiger partial charge in [-0.25, -0.2) is 9.78 Å². The van der Waals surface area contributed by atoms with E-state index in [1.165, 1.54) is 0 Å². The van der Waals surface area contributed by atoms with Crippen LogP contribution in [0, 0.1) is 5.92 Å². The lowest BCUT2D eigenvalue weighted by molar-refractivity contribution is -0.134. The molecule has 7 heteroatoms. The molecule has 1 N–H and O–H groups in total. The highest BCUT2D eigenvalue weighted by molar-refractivity contribution is 7.13. The fourth-order valence-electron chi connectivity index (χ4n) is 1.45. The molecule has 0 bridgehead atoms. The Bertz CT molecular complexity index is 426. The summed E-state index contributed by atoms with van der Waals surface area (Å²) in [6, 6.07) is 0. The number of aromatic carboxylic acids is 1. The Kier molecular flexibility index (Phi) is 4.72. The van der Waals surface area contributed by atoms with Gasteiger partial charge in [-0.2, -0.15) is 13.2 Å².